The number of nitrogens with one attached hydrogen (secondary N) is 2. The summed E-state index contributed by atoms with van der Waals surface area (Å²) >= 11 is 12.2. The Balaban J connectivity index is 1.49. The second-order valence-corrected chi connectivity index (χ2v) is 7.51. The summed E-state index contributed by atoms with van der Waals surface area (Å²) in [6, 6.07) is 11.5. The highest BCUT2D eigenvalue weighted by atomic mass is 35.5. The van der Waals surface area contributed by atoms with E-state index in [1.807, 2.05) is 42.4 Å². The molecular formula is C19H24Cl2N4O+2. The van der Waals surface area contributed by atoms with E-state index < -0.39 is 0 Å². The molecule has 0 bridgehead atoms. The first kappa shape index (κ1) is 19.0. The Bertz CT molecular complexity index is 748. The van der Waals surface area contributed by atoms with Gasteiger partial charge in [0.05, 0.1) is 31.4 Å². The lowest BCUT2D eigenvalue weighted by Crippen LogP contribution is -3.09. The predicted molar refractivity (Wildman–Crippen MR) is 104 cm³/mol. The van der Waals surface area contributed by atoms with E-state index in [0.29, 0.717) is 23.1 Å². The van der Waals surface area contributed by atoms with Gasteiger partial charge in [0.2, 0.25) is 0 Å². The average Bonchev–Trinajstić information content (AvgIpc) is 2.65. The Morgan fingerprint density at radius 1 is 1.15 bits per heavy atom. The molecule has 2 heterocycles. The first-order chi connectivity index (χ1) is 12.5. The number of anilines is 1. The van der Waals surface area contributed by atoms with Crippen molar-refractivity contribution in [1.29, 1.82) is 0 Å². The molecule has 7 heteroatoms. The number of hydrogen-bond donors (Lipinski definition) is 1. The van der Waals surface area contributed by atoms with Gasteiger partial charge in [-0.05, 0) is 18.2 Å². The molecule has 0 spiro atoms. The normalized spacial score (nSPS) is 15.8. The predicted octanol–water partition coefficient (Wildman–Crippen LogP) is 1.17. The molecule has 1 aliphatic heterocycles. The minimum Gasteiger partial charge on any atom is -0.330 e. The van der Waals surface area contributed by atoms with Gasteiger partial charge in [-0.3, -0.25) is 9.69 Å². The number of hydrogen-bond acceptors (Lipinski definition) is 2. The maximum atomic E-state index is 12.6. The number of rotatable bonds is 5. The van der Waals surface area contributed by atoms with Crippen molar-refractivity contribution in [2.24, 2.45) is 0 Å². The van der Waals surface area contributed by atoms with Crippen molar-refractivity contribution in [3.05, 3.63) is 58.2 Å². The van der Waals surface area contributed by atoms with Crippen molar-refractivity contribution in [2.75, 3.05) is 44.7 Å². The number of piperazine rings is 1. The van der Waals surface area contributed by atoms with E-state index >= 15 is 0 Å². The van der Waals surface area contributed by atoms with E-state index in [1.165, 1.54) is 0 Å². The monoisotopic (exact) mass is 394 g/mol. The molecule has 1 aromatic carbocycles. The highest BCUT2D eigenvalue weighted by molar-refractivity contribution is 6.35. The Labute approximate surface area is 164 Å². The Kier molecular flexibility index (Phi) is 6.35. The lowest BCUT2D eigenvalue weighted by atomic mass is 10.2. The van der Waals surface area contributed by atoms with Gasteiger partial charge < -0.3 is 9.80 Å². The maximum absolute atomic E-state index is 12.6. The number of carbonyl (C=O) groups excluding carboxylic acids is 1. The van der Waals surface area contributed by atoms with Crippen molar-refractivity contribution >= 4 is 34.9 Å². The molecule has 0 saturated carbocycles. The third-order valence-electron chi connectivity index (χ3n) is 4.63. The van der Waals surface area contributed by atoms with Crippen molar-refractivity contribution in [2.45, 2.75) is 6.54 Å². The fourth-order valence-corrected chi connectivity index (χ4v) is 3.68. The van der Waals surface area contributed by atoms with Crippen molar-refractivity contribution in [1.82, 2.24) is 4.90 Å². The third-order valence-corrected chi connectivity index (χ3v) is 5.21. The number of amides is 1. The molecule has 5 nitrogen and oxygen atoms in total. The van der Waals surface area contributed by atoms with E-state index in [0.717, 1.165) is 42.5 Å². The summed E-state index contributed by atoms with van der Waals surface area (Å²) in [4.78, 5) is 21.2. The van der Waals surface area contributed by atoms with Crippen LogP contribution in [0, 0.1) is 0 Å². The van der Waals surface area contributed by atoms with Crippen LogP contribution in [0.4, 0.5) is 5.82 Å². The van der Waals surface area contributed by atoms with Crippen LogP contribution >= 0.6 is 23.2 Å². The molecule has 138 valence electrons. The second-order valence-electron chi connectivity index (χ2n) is 6.66. The van der Waals surface area contributed by atoms with E-state index in [1.54, 1.807) is 6.07 Å². The molecule has 1 amide bonds. The molecular weight excluding hydrogens is 371 g/mol. The topological polar surface area (TPSA) is 42.1 Å². The summed E-state index contributed by atoms with van der Waals surface area (Å²) < 4.78 is 0. The number of aromatic nitrogens is 1. The number of pyridine rings is 1. The number of benzene rings is 1. The highest BCUT2D eigenvalue weighted by Crippen LogP contribution is 2.20. The number of nitrogens with zero attached hydrogens (tertiary/aromatic N) is 2. The zero-order chi connectivity index (χ0) is 18.5. The van der Waals surface area contributed by atoms with E-state index in [4.69, 9.17) is 23.2 Å². The van der Waals surface area contributed by atoms with Crippen LogP contribution in [-0.4, -0.2) is 50.6 Å². The largest absolute Gasteiger partial charge is 0.330 e. The van der Waals surface area contributed by atoms with Gasteiger partial charge in [0.1, 0.15) is 19.6 Å². The molecule has 1 fully saturated rings. The summed E-state index contributed by atoms with van der Waals surface area (Å²) in [6.45, 7) is 4.33. The lowest BCUT2D eigenvalue weighted by molar-refractivity contribution is -0.885. The van der Waals surface area contributed by atoms with Crippen molar-refractivity contribution in [3.63, 3.8) is 0 Å². The molecule has 0 aliphatic carbocycles. The van der Waals surface area contributed by atoms with Gasteiger partial charge in [-0.25, -0.2) is 4.98 Å². The van der Waals surface area contributed by atoms with Crippen LogP contribution in [0.5, 0.6) is 0 Å². The summed E-state index contributed by atoms with van der Waals surface area (Å²) in [5, 5.41) is 1.28. The van der Waals surface area contributed by atoms with Crippen LogP contribution in [0.15, 0.2) is 42.6 Å². The molecule has 26 heavy (non-hydrogen) atoms. The van der Waals surface area contributed by atoms with Crippen LogP contribution in [0.3, 0.4) is 0 Å². The average molecular weight is 395 g/mol. The first-order valence-corrected chi connectivity index (χ1v) is 9.53. The van der Waals surface area contributed by atoms with Crippen LogP contribution in [0.1, 0.15) is 5.56 Å². The van der Waals surface area contributed by atoms with Crippen LogP contribution in [-0.2, 0) is 11.3 Å². The van der Waals surface area contributed by atoms with Gasteiger partial charge in [-0.1, -0.05) is 35.3 Å². The maximum Gasteiger partial charge on any atom is 0.278 e. The number of quaternary nitrogens is 1. The summed E-state index contributed by atoms with van der Waals surface area (Å²) in [6.07, 6.45) is 1.92. The minimum absolute atomic E-state index is 0.185. The summed E-state index contributed by atoms with van der Waals surface area (Å²) in [5.41, 5.74) is 1.01. The lowest BCUT2D eigenvalue weighted by Gasteiger charge is -2.31. The fourth-order valence-electron chi connectivity index (χ4n) is 3.20. The Morgan fingerprint density at radius 3 is 2.58 bits per heavy atom. The zero-order valence-electron chi connectivity index (χ0n) is 14.8. The van der Waals surface area contributed by atoms with Crippen LogP contribution in [0.25, 0.3) is 0 Å². The number of carbonyl (C=O) groups is 1. The second kappa shape index (κ2) is 8.71. The van der Waals surface area contributed by atoms with Crippen LogP contribution < -0.4 is 14.8 Å². The van der Waals surface area contributed by atoms with Gasteiger partial charge >= 0.3 is 0 Å². The molecule has 1 saturated heterocycles. The van der Waals surface area contributed by atoms with E-state index in [2.05, 4.69) is 16.0 Å². The van der Waals surface area contributed by atoms with Crippen LogP contribution in [0.2, 0.25) is 10.0 Å². The number of aromatic amines is 1. The Morgan fingerprint density at radius 2 is 1.92 bits per heavy atom. The molecule has 1 unspecified atom stereocenters. The van der Waals surface area contributed by atoms with E-state index in [9.17, 15) is 4.79 Å². The van der Waals surface area contributed by atoms with Gasteiger partial charge in [-0.15, -0.1) is 0 Å². The standard InChI is InChI=1S/C19H22Cl2N4O/c1-23(13-15-5-6-16(20)12-17(15)21)14-19(26)25-10-8-24(9-11-25)18-4-2-3-7-22-18/h2-7,12H,8-11,13-14H2,1H3/p+2. The molecule has 2 N–H and O–H groups in total. The van der Waals surface area contributed by atoms with Crippen molar-refractivity contribution < 1.29 is 14.7 Å². The molecule has 0 radical (unpaired) electrons. The zero-order valence-corrected chi connectivity index (χ0v) is 16.4. The minimum atomic E-state index is 0.185. The molecule has 2 aromatic rings. The highest BCUT2D eigenvalue weighted by Gasteiger charge is 2.27. The van der Waals surface area contributed by atoms with E-state index in [-0.39, 0.29) is 5.91 Å². The van der Waals surface area contributed by atoms with Crippen molar-refractivity contribution in [3.8, 4) is 0 Å². The van der Waals surface area contributed by atoms with Gasteiger partial charge in [0, 0.05) is 16.7 Å². The fraction of sp³-hybridized carbons (Fsp3) is 0.368. The molecule has 1 aromatic heterocycles. The summed E-state index contributed by atoms with van der Waals surface area (Å²) in [7, 11) is 2.01. The number of halogens is 2. The summed E-state index contributed by atoms with van der Waals surface area (Å²) in [5.74, 6) is 1.28. The molecule has 3 rings (SSSR count). The number of likely N-dealkylation sites (N-methyl/N-ethyl adjacent to an activating group) is 1. The Hall–Kier alpha value is -1.82. The molecule has 1 atom stereocenters. The van der Waals surface area contributed by atoms with Gasteiger partial charge in [0.25, 0.3) is 11.7 Å². The smallest absolute Gasteiger partial charge is 0.278 e. The number of H-pyrrole nitrogens is 1. The third kappa shape index (κ3) is 4.87. The quantitative estimate of drug-likeness (QED) is 0.826. The SMILES string of the molecule is C[NH+](CC(=O)N1CCN(c2cccc[nH+]2)CC1)Cc1ccc(Cl)cc1Cl. The first-order valence-electron chi connectivity index (χ1n) is 8.77. The van der Waals surface area contributed by atoms with Gasteiger partial charge in [0.15, 0.2) is 6.54 Å². The van der Waals surface area contributed by atoms with Gasteiger partial charge in [-0.2, -0.15) is 0 Å². The molecule has 1 aliphatic rings.